The van der Waals surface area contributed by atoms with Gasteiger partial charge in [0.25, 0.3) is 0 Å². The van der Waals surface area contributed by atoms with Crippen LogP contribution in [0.4, 0.5) is 0 Å². The molecule has 9 atom stereocenters. The Kier molecular flexibility index (Phi) is 42.5. The van der Waals surface area contributed by atoms with Gasteiger partial charge >= 0.3 is 0 Å². The number of allylic oxidation sites excluding steroid dienone is 4. The van der Waals surface area contributed by atoms with E-state index in [1.54, 1.807) is 0 Å². The van der Waals surface area contributed by atoms with E-state index in [0.717, 1.165) is 38.5 Å². The summed E-state index contributed by atoms with van der Waals surface area (Å²) in [7, 11) is 0. The van der Waals surface area contributed by atoms with Crippen LogP contribution in [0.25, 0.3) is 0 Å². The van der Waals surface area contributed by atoms with E-state index in [1.165, 1.54) is 167 Å². The molecule has 0 aliphatic carbocycles. The molecule has 9 unspecified atom stereocenters. The largest absolute Gasteiger partial charge is 0.394 e. The fourth-order valence-electron chi connectivity index (χ4n) is 8.93. The zero-order valence-electron chi connectivity index (χ0n) is 42.4. The number of hydrogen-bond donors (Lipinski definition) is 8. The lowest BCUT2D eigenvalue weighted by Crippen LogP contribution is -2.60. The molecule has 11 nitrogen and oxygen atoms in total. The van der Waals surface area contributed by atoms with Gasteiger partial charge in [0.2, 0.25) is 5.91 Å². The Morgan fingerprint density at radius 1 is 0.515 bits per heavy atom. The Labute approximate surface area is 404 Å². The minimum absolute atomic E-state index is 0.248. The molecule has 1 aliphatic rings. The molecule has 66 heavy (non-hydrogen) atoms. The molecule has 1 heterocycles. The van der Waals surface area contributed by atoms with E-state index in [1.807, 2.05) is 0 Å². The van der Waals surface area contributed by atoms with Crippen LogP contribution < -0.4 is 5.32 Å². The molecule has 1 saturated heterocycles. The zero-order valence-corrected chi connectivity index (χ0v) is 42.4. The standard InChI is InChI=1S/C55H105NO10/c1-3-5-7-9-11-13-14-15-16-17-18-19-20-21-22-23-24-25-26-27-28-29-30-31-32-33-35-36-38-40-42-47(58)50(60)46(45-65-55-53(63)52(62)51(61)49(44-57)66-55)56-54(64)48(59)43-41-39-37-34-12-10-8-6-4-2/h30-31,35-36,46-53,55,57-63H,3-29,32-34,37-45H2,1-2H3,(H,56,64)/b31-30+,36-35+. The first kappa shape index (κ1) is 62.6. The van der Waals surface area contributed by atoms with E-state index in [9.17, 15) is 40.5 Å². The molecule has 11 heteroatoms. The van der Waals surface area contributed by atoms with Crippen LogP contribution in [0, 0.1) is 0 Å². The van der Waals surface area contributed by atoms with Crippen LogP contribution in [0.3, 0.4) is 0 Å². The molecule has 0 radical (unpaired) electrons. The summed E-state index contributed by atoms with van der Waals surface area (Å²) in [5.41, 5.74) is 0. The predicted octanol–water partition coefficient (Wildman–Crippen LogP) is 11.0. The molecule has 0 spiro atoms. The van der Waals surface area contributed by atoms with Gasteiger partial charge < -0.3 is 50.5 Å². The number of hydrogen-bond acceptors (Lipinski definition) is 10. The maximum absolute atomic E-state index is 13.0. The first-order chi connectivity index (χ1) is 32.2. The first-order valence-corrected chi connectivity index (χ1v) is 27.7. The average Bonchev–Trinajstić information content (AvgIpc) is 3.32. The summed E-state index contributed by atoms with van der Waals surface area (Å²) < 4.78 is 11.1. The molecule has 1 aliphatic heterocycles. The Hall–Kier alpha value is -1.41. The predicted molar refractivity (Wildman–Crippen MR) is 270 cm³/mol. The quantitative estimate of drug-likeness (QED) is 0.0215. The van der Waals surface area contributed by atoms with Crippen molar-refractivity contribution in [2.24, 2.45) is 0 Å². The van der Waals surface area contributed by atoms with Crippen molar-refractivity contribution in [3.8, 4) is 0 Å². The lowest BCUT2D eigenvalue weighted by molar-refractivity contribution is -0.303. The van der Waals surface area contributed by atoms with Crippen LogP contribution in [-0.4, -0.2) is 110 Å². The normalized spacial score (nSPS) is 20.9. The number of rotatable bonds is 47. The number of nitrogens with one attached hydrogen (secondary N) is 1. The average molecular weight is 940 g/mol. The monoisotopic (exact) mass is 940 g/mol. The van der Waals surface area contributed by atoms with Crippen molar-refractivity contribution in [1.82, 2.24) is 5.32 Å². The Balaban J connectivity index is 2.25. The number of amides is 1. The van der Waals surface area contributed by atoms with Crippen LogP contribution >= 0.6 is 0 Å². The molecule has 0 bridgehead atoms. The molecule has 0 aromatic heterocycles. The highest BCUT2D eigenvalue weighted by atomic mass is 16.7. The van der Waals surface area contributed by atoms with Crippen LogP contribution in [0.1, 0.15) is 251 Å². The highest BCUT2D eigenvalue weighted by molar-refractivity contribution is 5.80. The maximum Gasteiger partial charge on any atom is 0.249 e. The molecule has 1 fully saturated rings. The lowest BCUT2D eigenvalue weighted by Gasteiger charge is -2.40. The summed E-state index contributed by atoms with van der Waals surface area (Å²) in [6.07, 6.45) is 41.4. The Morgan fingerprint density at radius 2 is 0.909 bits per heavy atom. The van der Waals surface area contributed by atoms with E-state index >= 15 is 0 Å². The third-order valence-corrected chi connectivity index (χ3v) is 13.5. The van der Waals surface area contributed by atoms with E-state index in [0.29, 0.717) is 19.3 Å². The van der Waals surface area contributed by atoms with Crippen molar-refractivity contribution >= 4 is 5.91 Å². The summed E-state index contributed by atoms with van der Waals surface area (Å²) in [5.74, 6) is -0.712. The van der Waals surface area contributed by atoms with Crippen molar-refractivity contribution in [2.75, 3.05) is 13.2 Å². The van der Waals surface area contributed by atoms with Gasteiger partial charge in [-0.05, 0) is 51.4 Å². The van der Waals surface area contributed by atoms with Crippen LogP contribution in [-0.2, 0) is 14.3 Å². The van der Waals surface area contributed by atoms with Gasteiger partial charge in [0.1, 0.15) is 36.6 Å². The van der Waals surface area contributed by atoms with Crippen LogP contribution in [0.5, 0.6) is 0 Å². The van der Waals surface area contributed by atoms with Crippen molar-refractivity contribution in [2.45, 2.75) is 306 Å². The van der Waals surface area contributed by atoms with E-state index < -0.39 is 74.2 Å². The molecule has 1 rings (SSSR count). The Morgan fingerprint density at radius 3 is 1.35 bits per heavy atom. The summed E-state index contributed by atoms with van der Waals surface area (Å²) in [6, 6.07) is -1.19. The number of unbranched alkanes of at least 4 members (excludes halogenated alkanes) is 31. The van der Waals surface area contributed by atoms with Gasteiger partial charge in [-0.1, -0.05) is 224 Å². The van der Waals surface area contributed by atoms with Gasteiger partial charge in [0.05, 0.1) is 25.4 Å². The number of aliphatic hydroxyl groups excluding tert-OH is 7. The second-order valence-corrected chi connectivity index (χ2v) is 19.6. The molecule has 8 N–H and O–H groups in total. The maximum atomic E-state index is 13.0. The number of carbonyl (C=O) groups excluding carboxylic acids is 1. The minimum atomic E-state index is -1.67. The van der Waals surface area contributed by atoms with E-state index in [4.69, 9.17) is 9.47 Å². The third kappa shape index (κ3) is 33.2. The van der Waals surface area contributed by atoms with Crippen molar-refractivity contribution in [3.63, 3.8) is 0 Å². The van der Waals surface area contributed by atoms with Crippen molar-refractivity contribution < 1.29 is 50.0 Å². The number of aliphatic hydroxyl groups is 7. The topological polar surface area (TPSA) is 189 Å². The summed E-state index contributed by atoms with van der Waals surface area (Å²) in [5, 5.41) is 75.7. The van der Waals surface area contributed by atoms with Crippen LogP contribution in [0.2, 0.25) is 0 Å². The molecule has 0 aromatic carbocycles. The molecular weight excluding hydrogens is 835 g/mol. The number of carbonyl (C=O) groups is 1. The lowest BCUT2D eigenvalue weighted by atomic mass is 9.98. The summed E-state index contributed by atoms with van der Waals surface area (Å²) in [6.45, 7) is 3.41. The SMILES string of the molecule is CCCCCCCCCCCCCCCCCCCCCCC/C=C/CC/C=C/CCCC(O)C(O)C(COC1OC(CO)C(O)C(O)C1O)NC(=O)C(O)CCCCCCCCCCC. The Bertz CT molecular complexity index is 1120. The molecule has 0 saturated carbocycles. The van der Waals surface area contributed by atoms with Gasteiger partial charge in [-0.25, -0.2) is 0 Å². The van der Waals surface area contributed by atoms with Gasteiger partial charge in [-0.2, -0.15) is 0 Å². The van der Waals surface area contributed by atoms with Gasteiger partial charge in [-0.15, -0.1) is 0 Å². The fourth-order valence-corrected chi connectivity index (χ4v) is 8.93. The zero-order chi connectivity index (χ0) is 48.3. The molecule has 1 amide bonds. The molecule has 390 valence electrons. The van der Waals surface area contributed by atoms with Gasteiger partial charge in [0.15, 0.2) is 6.29 Å². The fraction of sp³-hybridized carbons (Fsp3) is 0.909. The highest BCUT2D eigenvalue weighted by Gasteiger charge is 2.44. The third-order valence-electron chi connectivity index (χ3n) is 13.5. The summed E-state index contributed by atoms with van der Waals surface area (Å²) in [4.78, 5) is 13.0. The minimum Gasteiger partial charge on any atom is -0.394 e. The van der Waals surface area contributed by atoms with Gasteiger partial charge in [0, 0.05) is 0 Å². The van der Waals surface area contributed by atoms with E-state index in [-0.39, 0.29) is 12.8 Å². The highest BCUT2D eigenvalue weighted by Crippen LogP contribution is 2.23. The van der Waals surface area contributed by atoms with Crippen molar-refractivity contribution in [1.29, 1.82) is 0 Å². The van der Waals surface area contributed by atoms with Gasteiger partial charge in [-0.3, -0.25) is 4.79 Å². The number of ether oxygens (including phenoxy) is 2. The second kappa shape index (κ2) is 44.8. The van der Waals surface area contributed by atoms with Crippen molar-refractivity contribution in [3.05, 3.63) is 24.3 Å². The second-order valence-electron chi connectivity index (χ2n) is 19.6. The molecular formula is C55H105NO10. The summed E-state index contributed by atoms with van der Waals surface area (Å²) >= 11 is 0. The first-order valence-electron chi connectivity index (χ1n) is 27.7. The molecule has 0 aromatic rings. The van der Waals surface area contributed by atoms with E-state index in [2.05, 4.69) is 43.5 Å². The smallest absolute Gasteiger partial charge is 0.249 e. The van der Waals surface area contributed by atoms with Crippen LogP contribution in [0.15, 0.2) is 24.3 Å².